The summed E-state index contributed by atoms with van der Waals surface area (Å²) in [5, 5.41) is 0. The number of ether oxygens (including phenoxy) is 8. The predicted molar refractivity (Wildman–Crippen MR) is 212 cm³/mol. The van der Waals surface area contributed by atoms with Gasteiger partial charge in [-0.05, 0) is 90.0 Å². The van der Waals surface area contributed by atoms with Crippen molar-refractivity contribution in [2.75, 3.05) is 68.0 Å². The van der Waals surface area contributed by atoms with E-state index in [4.69, 9.17) is 37.9 Å². The van der Waals surface area contributed by atoms with E-state index in [-0.39, 0.29) is 11.8 Å². The number of likely N-dealkylation sites (tertiary alicyclic amines) is 1. The van der Waals surface area contributed by atoms with E-state index in [9.17, 15) is 4.79 Å². The summed E-state index contributed by atoms with van der Waals surface area (Å²) in [6.07, 6.45) is 5.34. The zero-order valence-electron chi connectivity index (χ0n) is 32.7. The molecule has 10 nitrogen and oxygen atoms in total. The Morgan fingerprint density at radius 2 is 1.05 bits per heavy atom. The standard InChI is InChI=1S/C45H53NO9/c1-7-10-38-32-11-15-36(16-12-32)52-23-8-25-54-43-39(48-3)27-34(28-40(43)49-4)45(19-21-46(22-20-45)31(2)47)35-29-41(50-5)44(42(30-35)51-6)55-26-9-24-53-37-17-13-33(38)14-18-37/h7,11-18,27-30,38H,1,8-10,19-26H2,2-6H3. The van der Waals surface area contributed by atoms with Gasteiger partial charge in [-0.1, -0.05) is 30.3 Å². The largest absolute Gasteiger partial charge is 0.493 e. The smallest absolute Gasteiger partial charge is 0.219 e. The maximum absolute atomic E-state index is 12.5. The molecule has 8 heterocycles. The normalized spacial score (nSPS) is 16.2. The van der Waals surface area contributed by atoms with Crippen LogP contribution in [-0.2, 0) is 10.2 Å². The molecule has 0 atom stereocenters. The molecule has 0 aliphatic carbocycles. The van der Waals surface area contributed by atoms with Crippen LogP contribution in [0.3, 0.4) is 0 Å². The van der Waals surface area contributed by atoms with E-state index in [0.717, 1.165) is 29.0 Å². The van der Waals surface area contributed by atoms with Gasteiger partial charge in [0.05, 0.1) is 54.9 Å². The summed E-state index contributed by atoms with van der Waals surface area (Å²) in [5.74, 6) is 5.05. The summed E-state index contributed by atoms with van der Waals surface area (Å²) in [5.41, 5.74) is 3.75. The highest BCUT2D eigenvalue weighted by molar-refractivity contribution is 5.73. The molecule has 0 unspecified atom stereocenters. The Morgan fingerprint density at radius 1 is 0.673 bits per heavy atom. The van der Waals surface area contributed by atoms with Gasteiger partial charge in [0.1, 0.15) is 11.5 Å². The van der Waals surface area contributed by atoms with E-state index >= 15 is 0 Å². The van der Waals surface area contributed by atoms with E-state index in [0.29, 0.717) is 99.7 Å². The minimum Gasteiger partial charge on any atom is -0.493 e. The molecule has 55 heavy (non-hydrogen) atoms. The summed E-state index contributed by atoms with van der Waals surface area (Å²) >= 11 is 0. The number of nitrogens with zero attached hydrogens (tertiary/aromatic N) is 1. The quantitative estimate of drug-likeness (QED) is 0.180. The average molecular weight is 752 g/mol. The molecule has 1 fully saturated rings. The molecule has 0 N–H and O–H groups in total. The lowest BCUT2D eigenvalue weighted by Crippen LogP contribution is -2.45. The van der Waals surface area contributed by atoms with Crippen molar-refractivity contribution in [2.24, 2.45) is 0 Å². The molecule has 0 aromatic heterocycles. The maximum Gasteiger partial charge on any atom is 0.219 e. The number of carbonyl (C=O) groups is 1. The monoisotopic (exact) mass is 751 g/mol. The highest BCUT2D eigenvalue weighted by Crippen LogP contribution is 2.51. The lowest BCUT2D eigenvalue weighted by molar-refractivity contribution is -0.130. The fourth-order valence-corrected chi connectivity index (χ4v) is 7.61. The van der Waals surface area contributed by atoms with Gasteiger partial charge in [0.25, 0.3) is 0 Å². The van der Waals surface area contributed by atoms with E-state index in [1.54, 1.807) is 35.4 Å². The molecule has 0 saturated carbocycles. The second-order valence-corrected chi connectivity index (χ2v) is 13.8. The van der Waals surface area contributed by atoms with Gasteiger partial charge in [-0.3, -0.25) is 4.79 Å². The average Bonchev–Trinajstić information content (AvgIpc) is 3.22. The molecule has 1 amide bonds. The van der Waals surface area contributed by atoms with Gasteiger partial charge in [-0.15, -0.1) is 6.58 Å². The molecule has 1 spiro atoms. The number of methoxy groups -OCH3 is 4. The molecular formula is C45H53NO9. The van der Waals surface area contributed by atoms with Gasteiger partial charge >= 0.3 is 0 Å². The van der Waals surface area contributed by atoms with Gasteiger partial charge in [-0.2, -0.15) is 0 Å². The van der Waals surface area contributed by atoms with Crippen LogP contribution < -0.4 is 37.9 Å². The zero-order chi connectivity index (χ0) is 38.8. The Labute approximate surface area is 324 Å². The Kier molecular flexibility index (Phi) is 13.0. The molecule has 292 valence electrons. The molecule has 8 bridgehead atoms. The summed E-state index contributed by atoms with van der Waals surface area (Å²) in [7, 11) is 6.51. The van der Waals surface area contributed by atoms with Crippen molar-refractivity contribution in [1.29, 1.82) is 0 Å². The van der Waals surface area contributed by atoms with E-state index in [1.165, 1.54) is 11.1 Å². The lowest BCUT2D eigenvalue weighted by Gasteiger charge is -2.43. The van der Waals surface area contributed by atoms with Crippen molar-refractivity contribution in [3.05, 3.63) is 108 Å². The van der Waals surface area contributed by atoms with Crippen LogP contribution in [0.25, 0.3) is 0 Å². The number of carbonyl (C=O) groups excluding carboxylic acids is 1. The summed E-state index contributed by atoms with van der Waals surface area (Å²) in [6, 6.07) is 24.6. The Morgan fingerprint density at radius 3 is 1.40 bits per heavy atom. The van der Waals surface area contributed by atoms with Crippen molar-refractivity contribution in [2.45, 2.75) is 50.4 Å². The number of hydrogen-bond acceptors (Lipinski definition) is 9. The molecular weight excluding hydrogens is 698 g/mol. The zero-order valence-corrected chi connectivity index (χ0v) is 32.7. The first kappa shape index (κ1) is 39.2. The van der Waals surface area contributed by atoms with Crippen LogP contribution in [-0.4, -0.2) is 78.8 Å². The minimum atomic E-state index is -0.550. The van der Waals surface area contributed by atoms with Crippen LogP contribution in [0.5, 0.6) is 46.0 Å². The van der Waals surface area contributed by atoms with E-state index in [2.05, 4.69) is 30.8 Å². The number of rotatable bonds is 6. The van der Waals surface area contributed by atoms with Crippen molar-refractivity contribution in [3.63, 3.8) is 0 Å². The third-order valence-electron chi connectivity index (χ3n) is 10.7. The van der Waals surface area contributed by atoms with Crippen molar-refractivity contribution < 1.29 is 42.7 Å². The van der Waals surface area contributed by atoms with Crippen LogP contribution in [0, 0.1) is 0 Å². The fourth-order valence-electron chi connectivity index (χ4n) is 7.61. The summed E-state index contributed by atoms with van der Waals surface area (Å²) in [4.78, 5) is 14.4. The van der Waals surface area contributed by atoms with Crippen LogP contribution in [0.1, 0.15) is 67.2 Å². The molecule has 4 aromatic rings. The SMILES string of the molecule is C=CCC1c2ccc(cc2)OCCCOc2c(OC)cc(cc2OC)C2(CCN(C(C)=O)CC2)c2cc(OC)c(c(OC)c2)OCCCOc2ccc1cc2. The first-order valence-corrected chi connectivity index (χ1v) is 18.9. The van der Waals surface area contributed by atoms with Gasteiger partial charge < -0.3 is 42.8 Å². The fraction of sp³-hybridized carbons (Fsp3) is 0.400. The summed E-state index contributed by atoms with van der Waals surface area (Å²) < 4.78 is 48.7. The van der Waals surface area contributed by atoms with Gasteiger partial charge in [0.2, 0.25) is 17.4 Å². The van der Waals surface area contributed by atoms with E-state index < -0.39 is 5.41 Å². The van der Waals surface area contributed by atoms with Gasteiger partial charge in [-0.25, -0.2) is 0 Å². The second kappa shape index (κ2) is 18.2. The van der Waals surface area contributed by atoms with Gasteiger partial charge in [0.15, 0.2) is 23.0 Å². The van der Waals surface area contributed by atoms with Crippen LogP contribution >= 0.6 is 0 Å². The molecule has 8 aliphatic rings. The molecule has 10 heteroatoms. The molecule has 1 saturated heterocycles. The Bertz CT molecular complexity index is 1730. The van der Waals surface area contributed by atoms with Gasteiger partial charge in [0, 0.05) is 44.2 Å². The number of piperidine rings is 1. The number of amides is 1. The van der Waals surface area contributed by atoms with Crippen LogP contribution in [0.15, 0.2) is 85.5 Å². The van der Waals surface area contributed by atoms with Crippen LogP contribution in [0.4, 0.5) is 0 Å². The minimum absolute atomic E-state index is 0.0498. The van der Waals surface area contributed by atoms with Crippen molar-refractivity contribution >= 4 is 5.91 Å². The van der Waals surface area contributed by atoms with E-state index in [1.807, 2.05) is 59.5 Å². The molecule has 0 radical (unpaired) electrons. The number of hydrogen-bond donors (Lipinski definition) is 0. The Hall–Kier alpha value is -5.51. The number of benzene rings is 4. The van der Waals surface area contributed by atoms with Crippen LogP contribution in [0.2, 0.25) is 0 Å². The highest BCUT2D eigenvalue weighted by Gasteiger charge is 2.41. The first-order valence-electron chi connectivity index (χ1n) is 18.9. The number of allylic oxidation sites excluding steroid dienone is 1. The Balaban J connectivity index is 1.36. The third-order valence-corrected chi connectivity index (χ3v) is 10.7. The first-order chi connectivity index (χ1) is 26.8. The molecule has 8 aliphatic heterocycles. The molecule has 12 rings (SSSR count). The van der Waals surface area contributed by atoms with Crippen molar-refractivity contribution in [3.8, 4) is 46.0 Å². The van der Waals surface area contributed by atoms with Crippen molar-refractivity contribution in [1.82, 2.24) is 4.90 Å². The second-order valence-electron chi connectivity index (χ2n) is 13.8. The topological polar surface area (TPSA) is 94.2 Å². The summed E-state index contributed by atoms with van der Waals surface area (Å²) in [6.45, 7) is 8.48. The predicted octanol–water partition coefficient (Wildman–Crippen LogP) is 8.37. The highest BCUT2D eigenvalue weighted by atomic mass is 16.5. The molecule has 4 aromatic carbocycles. The third kappa shape index (κ3) is 8.74. The maximum atomic E-state index is 12.5. The lowest BCUT2D eigenvalue weighted by atomic mass is 9.67.